The summed E-state index contributed by atoms with van der Waals surface area (Å²) in [5.41, 5.74) is 6.54. The van der Waals surface area contributed by atoms with E-state index in [-0.39, 0.29) is 23.4 Å². The average Bonchev–Trinajstić information content (AvgIpc) is 3.76. The maximum atomic E-state index is 13.2. The van der Waals surface area contributed by atoms with E-state index < -0.39 is 0 Å². The van der Waals surface area contributed by atoms with Crippen LogP contribution in [-0.4, -0.2) is 49.2 Å². The maximum Gasteiger partial charge on any atom is 0.318 e. The van der Waals surface area contributed by atoms with E-state index in [1.54, 1.807) is 7.11 Å². The zero-order chi connectivity index (χ0) is 27.0. The number of hydrogen-bond donors (Lipinski definition) is 2. The standard InChI is InChI=1S/C32H35N3O4/c1-32(19-39-20-32)34-31(37)35-14-13-26-25(22-9-6-10-24(15-22)38-2)12-11-23(29(26)18-35)17-33-30(36)28-16-27(28)21-7-4-3-5-8-21/h3-12,15,27-28H,13-14,16-20H2,1-2H3,(H,33,36)(H,34,37)/t27?,28-/m1/s1. The Bertz CT molecular complexity index is 1390. The van der Waals surface area contributed by atoms with Gasteiger partial charge in [-0.05, 0) is 71.2 Å². The van der Waals surface area contributed by atoms with Crippen LogP contribution in [0, 0.1) is 5.92 Å². The van der Waals surface area contributed by atoms with E-state index >= 15 is 0 Å². The summed E-state index contributed by atoms with van der Waals surface area (Å²) in [5, 5.41) is 6.34. The number of methoxy groups -OCH3 is 1. The van der Waals surface area contributed by atoms with Crippen LogP contribution in [0.5, 0.6) is 5.75 Å². The predicted octanol–water partition coefficient (Wildman–Crippen LogP) is 4.64. The second kappa shape index (κ2) is 10.4. The van der Waals surface area contributed by atoms with Gasteiger partial charge in [-0.15, -0.1) is 0 Å². The molecule has 2 N–H and O–H groups in total. The predicted molar refractivity (Wildman–Crippen MR) is 149 cm³/mol. The summed E-state index contributed by atoms with van der Waals surface area (Å²) in [5.74, 6) is 1.22. The molecule has 0 aromatic heterocycles. The summed E-state index contributed by atoms with van der Waals surface area (Å²) < 4.78 is 10.8. The molecule has 3 aromatic rings. The summed E-state index contributed by atoms with van der Waals surface area (Å²) >= 11 is 0. The quantitative estimate of drug-likeness (QED) is 0.471. The van der Waals surface area contributed by atoms with Crippen molar-refractivity contribution in [3.8, 4) is 16.9 Å². The third-order valence-corrected chi connectivity index (χ3v) is 8.23. The number of carbonyl (C=O) groups excluding carboxylic acids is 2. The Balaban J connectivity index is 1.23. The van der Waals surface area contributed by atoms with Gasteiger partial charge in [0.2, 0.25) is 5.91 Å². The van der Waals surface area contributed by atoms with Crippen LogP contribution in [-0.2, 0) is 29.0 Å². The summed E-state index contributed by atoms with van der Waals surface area (Å²) in [4.78, 5) is 28.1. The molecule has 6 rings (SSSR count). The van der Waals surface area contributed by atoms with Gasteiger partial charge in [0.15, 0.2) is 0 Å². The van der Waals surface area contributed by atoms with Crippen molar-refractivity contribution in [2.24, 2.45) is 5.92 Å². The SMILES string of the molecule is COc1cccc(-c2ccc(CNC(=O)[C@@H]3CC3c3ccccc3)c3c2CCN(C(=O)NC2(C)COC2)C3)c1. The Hall–Kier alpha value is -3.84. The largest absolute Gasteiger partial charge is 0.497 e. The van der Waals surface area contributed by atoms with Crippen LogP contribution in [0.1, 0.15) is 41.5 Å². The van der Waals surface area contributed by atoms with Gasteiger partial charge in [-0.1, -0.05) is 54.6 Å². The highest BCUT2D eigenvalue weighted by Gasteiger charge is 2.43. The molecule has 1 saturated heterocycles. The fraction of sp³-hybridized carbons (Fsp3) is 0.375. The summed E-state index contributed by atoms with van der Waals surface area (Å²) in [6, 6.07) is 22.5. The molecule has 1 aliphatic carbocycles. The molecular weight excluding hydrogens is 490 g/mol. The molecule has 1 saturated carbocycles. The smallest absolute Gasteiger partial charge is 0.318 e. The topological polar surface area (TPSA) is 79.9 Å². The molecule has 39 heavy (non-hydrogen) atoms. The zero-order valence-electron chi connectivity index (χ0n) is 22.5. The number of nitrogens with one attached hydrogen (secondary N) is 2. The lowest BCUT2D eigenvalue weighted by Crippen LogP contribution is -2.62. The minimum absolute atomic E-state index is 0.0204. The van der Waals surface area contributed by atoms with E-state index in [2.05, 4.69) is 41.0 Å². The van der Waals surface area contributed by atoms with Gasteiger partial charge in [0.05, 0.1) is 25.9 Å². The van der Waals surface area contributed by atoms with Crippen LogP contribution in [0.3, 0.4) is 0 Å². The first-order valence-corrected chi connectivity index (χ1v) is 13.7. The molecular formula is C32H35N3O4. The molecule has 2 aliphatic heterocycles. The third kappa shape index (κ3) is 5.23. The van der Waals surface area contributed by atoms with Gasteiger partial charge in [-0.2, -0.15) is 0 Å². The van der Waals surface area contributed by atoms with Crippen molar-refractivity contribution >= 4 is 11.9 Å². The molecule has 3 aromatic carbocycles. The number of hydrogen-bond acceptors (Lipinski definition) is 4. The third-order valence-electron chi connectivity index (χ3n) is 8.23. The van der Waals surface area contributed by atoms with Gasteiger partial charge in [-0.25, -0.2) is 4.79 Å². The van der Waals surface area contributed by atoms with Gasteiger partial charge in [0, 0.05) is 25.6 Å². The fourth-order valence-corrected chi connectivity index (χ4v) is 5.83. The molecule has 0 radical (unpaired) electrons. The number of urea groups is 1. The molecule has 0 spiro atoms. The van der Waals surface area contributed by atoms with Crippen LogP contribution in [0.2, 0.25) is 0 Å². The van der Waals surface area contributed by atoms with Crippen molar-refractivity contribution in [3.63, 3.8) is 0 Å². The average molecular weight is 526 g/mol. The van der Waals surface area contributed by atoms with E-state index in [4.69, 9.17) is 9.47 Å². The zero-order valence-corrected chi connectivity index (χ0v) is 22.5. The van der Waals surface area contributed by atoms with Gasteiger partial charge < -0.3 is 25.0 Å². The molecule has 1 unspecified atom stereocenters. The fourth-order valence-electron chi connectivity index (χ4n) is 5.83. The Kier molecular flexibility index (Phi) is 6.77. The lowest BCUT2D eigenvalue weighted by atomic mass is 9.87. The molecule has 3 amide bonds. The maximum absolute atomic E-state index is 13.2. The molecule has 2 heterocycles. The number of amides is 3. The van der Waals surface area contributed by atoms with Crippen LogP contribution in [0.25, 0.3) is 11.1 Å². The van der Waals surface area contributed by atoms with E-state index in [0.29, 0.717) is 38.8 Å². The van der Waals surface area contributed by atoms with Crippen molar-refractivity contribution < 1.29 is 19.1 Å². The first-order valence-electron chi connectivity index (χ1n) is 13.7. The number of nitrogens with zero attached hydrogens (tertiary/aromatic N) is 1. The molecule has 2 fully saturated rings. The van der Waals surface area contributed by atoms with Crippen molar-refractivity contribution in [1.82, 2.24) is 15.5 Å². The van der Waals surface area contributed by atoms with Crippen LogP contribution >= 0.6 is 0 Å². The molecule has 202 valence electrons. The normalized spacial score (nSPS) is 20.8. The lowest BCUT2D eigenvalue weighted by Gasteiger charge is -2.41. The van der Waals surface area contributed by atoms with E-state index in [9.17, 15) is 9.59 Å². The Morgan fingerprint density at radius 1 is 1.05 bits per heavy atom. The molecule has 2 atom stereocenters. The van der Waals surface area contributed by atoms with E-state index in [1.165, 1.54) is 11.1 Å². The summed E-state index contributed by atoms with van der Waals surface area (Å²) in [6.45, 7) is 4.64. The van der Waals surface area contributed by atoms with Gasteiger partial charge in [0.1, 0.15) is 5.75 Å². The first kappa shape index (κ1) is 25.4. The number of carbonyl (C=O) groups is 2. The Morgan fingerprint density at radius 3 is 2.62 bits per heavy atom. The minimum Gasteiger partial charge on any atom is -0.497 e. The molecule has 7 nitrogen and oxygen atoms in total. The van der Waals surface area contributed by atoms with Crippen molar-refractivity contribution in [2.75, 3.05) is 26.9 Å². The summed E-state index contributed by atoms with van der Waals surface area (Å²) in [6.07, 6.45) is 1.63. The highest BCUT2D eigenvalue weighted by molar-refractivity contribution is 5.83. The lowest BCUT2D eigenvalue weighted by molar-refractivity contribution is -0.122. The number of ether oxygens (including phenoxy) is 2. The molecule has 0 bridgehead atoms. The first-order chi connectivity index (χ1) is 18.9. The number of fused-ring (bicyclic) bond motifs is 1. The molecule has 3 aliphatic rings. The molecule has 7 heteroatoms. The number of rotatable bonds is 7. The second-order valence-corrected chi connectivity index (χ2v) is 11.2. The van der Waals surface area contributed by atoms with Gasteiger partial charge >= 0.3 is 6.03 Å². The van der Waals surface area contributed by atoms with E-state index in [0.717, 1.165) is 40.8 Å². The van der Waals surface area contributed by atoms with Crippen molar-refractivity contribution in [3.05, 3.63) is 89.0 Å². The van der Waals surface area contributed by atoms with Gasteiger partial charge in [0.25, 0.3) is 0 Å². The highest BCUT2D eigenvalue weighted by Crippen LogP contribution is 2.47. The highest BCUT2D eigenvalue weighted by atomic mass is 16.5. The van der Waals surface area contributed by atoms with Gasteiger partial charge in [-0.3, -0.25) is 4.79 Å². The second-order valence-electron chi connectivity index (χ2n) is 11.2. The monoisotopic (exact) mass is 525 g/mol. The van der Waals surface area contributed by atoms with Crippen molar-refractivity contribution in [2.45, 2.75) is 44.3 Å². The Morgan fingerprint density at radius 2 is 1.87 bits per heavy atom. The van der Waals surface area contributed by atoms with E-state index in [1.807, 2.05) is 48.2 Å². The summed E-state index contributed by atoms with van der Waals surface area (Å²) in [7, 11) is 1.67. The Labute approximate surface area is 229 Å². The van der Waals surface area contributed by atoms with Crippen LogP contribution < -0.4 is 15.4 Å². The van der Waals surface area contributed by atoms with Crippen molar-refractivity contribution in [1.29, 1.82) is 0 Å². The van der Waals surface area contributed by atoms with Crippen LogP contribution in [0.15, 0.2) is 66.7 Å². The van der Waals surface area contributed by atoms with Crippen LogP contribution in [0.4, 0.5) is 4.79 Å². The minimum atomic E-state index is -0.309. The number of benzene rings is 3.